The average Bonchev–Trinajstić information content (AvgIpc) is 3.39. The lowest BCUT2D eigenvalue weighted by Gasteiger charge is -2.40. The highest BCUT2D eigenvalue weighted by atomic mass is 16.7. The van der Waals surface area contributed by atoms with Gasteiger partial charge in [0.05, 0.1) is 13.0 Å². The second-order valence-electron chi connectivity index (χ2n) is 19.9. The molecule has 0 saturated carbocycles. The summed E-state index contributed by atoms with van der Waals surface area (Å²) in [5.74, 6) is -3.31. The Balaban J connectivity index is 2.75. The van der Waals surface area contributed by atoms with Crippen molar-refractivity contribution in [2.45, 2.75) is 276 Å². The molecule has 6 unspecified atom stereocenters. The van der Waals surface area contributed by atoms with Crippen molar-refractivity contribution in [1.29, 1.82) is 0 Å². The van der Waals surface area contributed by atoms with Crippen LogP contribution in [-0.4, -0.2) is 89.2 Å². The fraction of sp³-hybridized carbons (Fsp3) is 0.714. The van der Waals surface area contributed by atoms with Gasteiger partial charge < -0.3 is 39.0 Å². The maximum atomic E-state index is 13.1. The van der Waals surface area contributed by atoms with Gasteiger partial charge in [-0.25, -0.2) is 4.79 Å². The lowest BCUT2D eigenvalue weighted by Crippen LogP contribution is -2.61. The SMILES string of the molecule is CC/C=C\C/C=C\C/C=C\C/C=C\C/C=C\CC(=O)OC(COC(=O)CCCCCCCCC/C=C\CCCCCCCC)COC1OC(C(=O)O)C(O)C(O)C1OC(=O)CCCCCCC/C=C\CCCCCC. The molecule has 6 atom stereocenters. The van der Waals surface area contributed by atoms with Crippen LogP contribution in [0.4, 0.5) is 0 Å². The van der Waals surface area contributed by atoms with Crippen molar-refractivity contribution >= 4 is 23.9 Å². The highest BCUT2D eigenvalue weighted by Gasteiger charge is 2.50. The van der Waals surface area contributed by atoms with Crippen LogP contribution in [-0.2, 0) is 42.9 Å². The highest BCUT2D eigenvalue weighted by Crippen LogP contribution is 2.26. The molecule has 1 rings (SSSR count). The Morgan fingerprint density at radius 1 is 0.467 bits per heavy atom. The summed E-state index contributed by atoms with van der Waals surface area (Å²) >= 11 is 0. The maximum absolute atomic E-state index is 13.1. The van der Waals surface area contributed by atoms with Crippen LogP contribution in [0.15, 0.2) is 85.1 Å². The topological polar surface area (TPSA) is 175 Å². The van der Waals surface area contributed by atoms with E-state index in [1.54, 1.807) is 6.08 Å². The fourth-order valence-corrected chi connectivity index (χ4v) is 8.43. The smallest absolute Gasteiger partial charge is 0.335 e. The summed E-state index contributed by atoms with van der Waals surface area (Å²) in [6.07, 6.45) is 53.0. The summed E-state index contributed by atoms with van der Waals surface area (Å²) in [6, 6.07) is 0. The first-order valence-electron chi connectivity index (χ1n) is 29.6. The molecule has 0 amide bonds. The number of aliphatic hydroxyl groups excluding tert-OH is 2. The van der Waals surface area contributed by atoms with Gasteiger partial charge in [0, 0.05) is 12.8 Å². The van der Waals surface area contributed by atoms with Gasteiger partial charge in [0.1, 0.15) is 18.8 Å². The van der Waals surface area contributed by atoms with E-state index in [-0.39, 0.29) is 25.9 Å². The van der Waals surface area contributed by atoms with Gasteiger partial charge in [-0.05, 0) is 96.3 Å². The monoisotopic (exact) mass is 1050 g/mol. The summed E-state index contributed by atoms with van der Waals surface area (Å²) in [6.45, 7) is 5.76. The first-order chi connectivity index (χ1) is 36.6. The summed E-state index contributed by atoms with van der Waals surface area (Å²) in [4.78, 5) is 51.0. The number of carboxylic acids is 1. The van der Waals surface area contributed by atoms with Crippen molar-refractivity contribution in [2.24, 2.45) is 0 Å². The van der Waals surface area contributed by atoms with Crippen LogP contribution in [0.5, 0.6) is 0 Å². The van der Waals surface area contributed by atoms with E-state index in [2.05, 4.69) is 81.5 Å². The van der Waals surface area contributed by atoms with E-state index in [1.165, 1.54) is 83.5 Å². The minimum atomic E-state index is -1.92. The molecule has 75 heavy (non-hydrogen) atoms. The Morgan fingerprint density at radius 3 is 1.35 bits per heavy atom. The Hall–Kier alpha value is -4.10. The standard InChI is InChI=1S/C63H104O12/c1-4-7-10-13-16-19-22-25-27-28-30-32-34-37-40-43-46-49-55(64)71-52-54(73-56(65)50-47-44-41-38-36-33-29-26-23-20-17-14-11-8-5-2)53-72-63-61(59(68)58(67)60(75-63)62(69)70)74-57(66)51-48-45-42-39-35-31-24-21-18-15-12-9-6-3/h8,11,17,20-21,24-27,29,36,38,44,47,54,58-61,63,67-68H,4-7,9-10,12-16,18-19,22-23,28,30-35,37,39-43,45-46,48-53H2,1-3H3,(H,69,70)/b11-8-,20-17-,24-21-,27-25-,29-26-,38-36-,47-44-. The summed E-state index contributed by atoms with van der Waals surface area (Å²) in [7, 11) is 0. The van der Waals surface area contributed by atoms with Crippen molar-refractivity contribution in [2.75, 3.05) is 13.2 Å². The third-order valence-electron chi connectivity index (χ3n) is 13.0. The molecule has 0 spiro atoms. The summed E-state index contributed by atoms with van der Waals surface area (Å²) in [5.41, 5.74) is 0. The van der Waals surface area contributed by atoms with E-state index in [9.17, 15) is 34.5 Å². The second kappa shape index (κ2) is 50.7. The third-order valence-corrected chi connectivity index (χ3v) is 13.0. The van der Waals surface area contributed by atoms with Gasteiger partial charge >= 0.3 is 23.9 Å². The molecule has 0 bridgehead atoms. The number of allylic oxidation sites excluding steroid dienone is 13. The molecule has 1 fully saturated rings. The van der Waals surface area contributed by atoms with E-state index in [1.807, 2.05) is 18.2 Å². The summed E-state index contributed by atoms with van der Waals surface area (Å²) < 4.78 is 28.3. The van der Waals surface area contributed by atoms with Crippen molar-refractivity contribution in [3.05, 3.63) is 85.1 Å². The Labute approximate surface area is 454 Å². The van der Waals surface area contributed by atoms with Crippen LogP contribution in [0, 0.1) is 0 Å². The largest absolute Gasteiger partial charge is 0.479 e. The molecule has 1 saturated heterocycles. The number of hydrogen-bond donors (Lipinski definition) is 3. The van der Waals surface area contributed by atoms with Gasteiger partial charge in [0.15, 0.2) is 24.6 Å². The number of carbonyl (C=O) groups is 4. The van der Waals surface area contributed by atoms with Crippen molar-refractivity contribution in [3.63, 3.8) is 0 Å². The van der Waals surface area contributed by atoms with Gasteiger partial charge in [-0.2, -0.15) is 0 Å². The molecule has 0 aromatic rings. The average molecular weight is 1050 g/mol. The highest BCUT2D eigenvalue weighted by molar-refractivity contribution is 5.74. The molecular formula is C63H104O12. The van der Waals surface area contributed by atoms with Gasteiger partial charge in [-0.1, -0.05) is 209 Å². The van der Waals surface area contributed by atoms with Crippen LogP contribution in [0.3, 0.4) is 0 Å². The lowest BCUT2D eigenvalue weighted by atomic mass is 9.98. The van der Waals surface area contributed by atoms with E-state index < -0.39 is 67.3 Å². The van der Waals surface area contributed by atoms with Gasteiger partial charge in [-0.15, -0.1) is 0 Å². The molecule has 428 valence electrons. The maximum Gasteiger partial charge on any atom is 0.335 e. The lowest BCUT2D eigenvalue weighted by molar-refractivity contribution is -0.301. The minimum Gasteiger partial charge on any atom is -0.479 e. The number of aliphatic hydroxyl groups is 2. The van der Waals surface area contributed by atoms with Gasteiger partial charge in [0.25, 0.3) is 0 Å². The number of unbranched alkanes of at least 4 members (excludes halogenated alkanes) is 22. The predicted octanol–water partition coefficient (Wildman–Crippen LogP) is 15.1. The predicted molar refractivity (Wildman–Crippen MR) is 303 cm³/mol. The molecule has 0 aromatic carbocycles. The van der Waals surface area contributed by atoms with E-state index in [4.69, 9.17) is 23.7 Å². The number of esters is 3. The minimum absolute atomic E-state index is 0.0370. The zero-order valence-corrected chi connectivity index (χ0v) is 47.0. The van der Waals surface area contributed by atoms with Gasteiger partial charge in [0.2, 0.25) is 0 Å². The molecule has 1 aliphatic rings. The molecule has 12 heteroatoms. The number of hydrogen-bond acceptors (Lipinski definition) is 11. The molecule has 0 aromatic heterocycles. The van der Waals surface area contributed by atoms with Crippen LogP contribution >= 0.6 is 0 Å². The quantitative estimate of drug-likeness (QED) is 0.0228. The first kappa shape index (κ1) is 68.9. The summed E-state index contributed by atoms with van der Waals surface area (Å²) in [5, 5.41) is 31.4. The zero-order chi connectivity index (χ0) is 54.7. The Bertz CT molecular complexity index is 1630. The van der Waals surface area contributed by atoms with Crippen molar-refractivity contribution in [3.8, 4) is 0 Å². The van der Waals surface area contributed by atoms with E-state index in [0.29, 0.717) is 19.3 Å². The van der Waals surface area contributed by atoms with Crippen LogP contribution in [0.2, 0.25) is 0 Å². The fourth-order valence-electron chi connectivity index (χ4n) is 8.43. The molecule has 0 radical (unpaired) electrons. The van der Waals surface area contributed by atoms with Crippen molar-refractivity contribution < 1.29 is 58.2 Å². The van der Waals surface area contributed by atoms with Crippen LogP contribution in [0.1, 0.15) is 239 Å². The van der Waals surface area contributed by atoms with E-state index in [0.717, 1.165) is 96.3 Å². The molecular weight excluding hydrogens is 949 g/mol. The molecule has 1 heterocycles. The number of rotatable bonds is 49. The van der Waals surface area contributed by atoms with Crippen LogP contribution < -0.4 is 0 Å². The molecule has 0 aliphatic carbocycles. The molecule has 3 N–H and O–H groups in total. The van der Waals surface area contributed by atoms with Gasteiger partial charge in [-0.3, -0.25) is 14.4 Å². The third kappa shape index (κ3) is 40.8. The second-order valence-corrected chi connectivity index (χ2v) is 19.9. The van der Waals surface area contributed by atoms with E-state index >= 15 is 0 Å². The number of carboxylic acid groups (broad SMARTS) is 1. The zero-order valence-electron chi connectivity index (χ0n) is 47.0. The first-order valence-corrected chi connectivity index (χ1v) is 29.6. The van der Waals surface area contributed by atoms with Crippen LogP contribution in [0.25, 0.3) is 0 Å². The number of carbonyl (C=O) groups excluding carboxylic acids is 3. The number of aliphatic carboxylic acids is 1. The normalized spacial score (nSPS) is 18.8. The molecule has 12 nitrogen and oxygen atoms in total. The Kier molecular flexibility index (Phi) is 46.6. The Morgan fingerprint density at radius 2 is 0.880 bits per heavy atom. The van der Waals surface area contributed by atoms with Crippen molar-refractivity contribution in [1.82, 2.24) is 0 Å². The molecule has 1 aliphatic heterocycles. The number of ether oxygens (including phenoxy) is 5.